The molecular weight excluding hydrogens is 265 g/mol. The number of rotatable bonds is 4. The van der Waals surface area contributed by atoms with E-state index >= 15 is 0 Å². The fraction of sp³-hybridized carbons (Fsp3) is 0.471. The maximum absolute atomic E-state index is 13.7. The monoisotopic (exact) mass is 287 g/mol. The molecule has 0 atom stereocenters. The van der Waals surface area contributed by atoms with Crippen LogP contribution in [-0.2, 0) is 20.0 Å². The standard InChI is InChI=1S/C17H22FN3/c1-20-16(6-9-19-20)13-21-10-7-14(8-11-21)12-15-4-2-3-5-17(15)18/h2-6,9,14H,7-8,10-13H2,1H3. The van der Waals surface area contributed by atoms with Crippen LogP contribution in [0, 0.1) is 11.7 Å². The third kappa shape index (κ3) is 3.50. The summed E-state index contributed by atoms with van der Waals surface area (Å²) in [5, 5.41) is 4.21. The van der Waals surface area contributed by atoms with Gasteiger partial charge in [0.15, 0.2) is 0 Å². The molecule has 0 radical (unpaired) electrons. The summed E-state index contributed by atoms with van der Waals surface area (Å²) in [6.07, 6.45) is 5.00. The van der Waals surface area contributed by atoms with Crippen molar-refractivity contribution in [1.82, 2.24) is 14.7 Å². The molecule has 0 amide bonds. The first-order valence-corrected chi connectivity index (χ1v) is 7.65. The van der Waals surface area contributed by atoms with Gasteiger partial charge in [0.25, 0.3) is 0 Å². The minimum Gasteiger partial charge on any atom is -0.298 e. The van der Waals surface area contributed by atoms with Crippen molar-refractivity contribution in [2.75, 3.05) is 13.1 Å². The van der Waals surface area contributed by atoms with Crippen LogP contribution in [0.2, 0.25) is 0 Å². The predicted octanol–water partition coefficient (Wildman–Crippen LogP) is 3.01. The summed E-state index contributed by atoms with van der Waals surface area (Å²) < 4.78 is 15.6. The van der Waals surface area contributed by atoms with E-state index in [0.717, 1.165) is 44.5 Å². The molecule has 1 saturated heterocycles. The molecule has 4 heteroatoms. The maximum atomic E-state index is 13.7. The van der Waals surface area contributed by atoms with E-state index in [9.17, 15) is 4.39 Å². The summed E-state index contributed by atoms with van der Waals surface area (Å²) in [4.78, 5) is 2.47. The van der Waals surface area contributed by atoms with E-state index in [0.29, 0.717) is 5.92 Å². The van der Waals surface area contributed by atoms with E-state index in [-0.39, 0.29) is 5.82 Å². The molecule has 0 N–H and O–H groups in total. The average molecular weight is 287 g/mol. The topological polar surface area (TPSA) is 21.1 Å². The second-order valence-corrected chi connectivity index (χ2v) is 5.96. The molecule has 0 bridgehead atoms. The normalized spacial score (nSPS) is 17.2. The van der Waals surface area contributed by atoms with Crippen LogP contribution in [0.3, 0.4) is 0 Å². The highest BCUT2D eigenvalue weighted by molar-refractivity contribution is 5.18. The van der Waals surface area contributed by atoms with Crippen molar-refractivity contribution in [3.8, 4) is 0 Å². The zero-order valence-electron chi connectivity index (χ0n) is 12.5. The van der Waals surface area contributed by atoms with Gasteiger partial charge < -0.3 is 0 Å². The van der Waals surface area contributed by atoms with Gasteiger partial charge in [-0.05, 0) is 56.0 Å². The summed E-state index contributed by atoms with van der Waals surface area (Å²) in [6, 6.07) is 9.24. The molecule has 1 aromatic heterocycles. The first-order chi connectivity index (χ1) is 10.2. The molecule has 0 saturated carbocycles. The van der Waals surface area contributed by atoms with Gasteiger partial charge in [0.1, 0.15) is 5.82 Å². The van der Waals surface area contributed by atoms with Crippen LogP contribution in [-0.4, -0.2) is 27.8 Å². The second-order valence-electron chi connectivity index (χ2n) is 5.96. The average Bonchev–Trinajstić information content (AvgIpc) is 2.89. The number of nitrogens with zero attached hydrogens (tertiary/aromatic N) is 3. The zero-order valence-corrected chi connectivity index (χ0v) is 12.5. The molecular formula is C17H22FN3. The van der Waals surface area contributed by atoms with Crippen LogP contribution in [0.4, 0.5) is 4.39 Å². The van der Waals surface area contributed by atoms with Crippen molar-refractivity contribution < 1.29 is 4.39 Å². The van der Waals surface area contributed by atoms with Crippen molar-refractivity contribution >= 4 is 0 Å². The Balaban J connectivity index is 1.51. The number of hydrogen-bond acceptors (Lipinski definition) is 2. The van der Waals surface area contributed by atoms with Gasteiger partial charge in [-0.15, -0.1) is 0 Å². The summed E-state index contributed by atoms with van der Waals surface area (Å²) in [7, 11) is 1.99. The van der Waals surface area contributed by atoms with Gasteiger partial charge in [-0.1, -0.05) is 18.2 Å². The number of aryl methyl sites for hydroxylation is 1. The largest absolute Gasteiger partial charge is 0.298 e. The van der Waals surface area contributed by atoms with E-state index in [2.05, 4.69) is 16.1 Å². The molecule has 2 aromatic rings. The van der Waals surface area contributed by atoms with Crippen LogP contribution in [0.15, 0.2) is 36.5 Å². The Kier molecular flexibility index (Phi) is 4.34. The van der Waals surface area contributed by atoms with Crippen LogP contribution in [0.1, 0.15) is 24.1 Å². The molecule has 3 nitrogen and oxygen atoms in total. The molecule has 3 rings (SSSR count). The maximum Gasteiger partial charge on any atom is 0.126 e. The van der Waals surface area contributed by atoms with Gasteiger partial charge >= 0.3 is 0 Å². The molecule has 1 aliphatic rings. The summed E-state index contributed by atoms with van der Waals surface area (Å²) in [5.74, 6) is 0.541. The second kappa shape index (κ2) is 6.39. The minimum atomic E-state index is -0.0604. The zero-order chi connectivity index (χ0) is 14.7. The van der Waals surface area contributed by atoms with Gasteiger partial charge in [-0.2, -0.15) is 5.10 Å². The summed E-state index contributed by atoms with van der Waals surface area (Å²) in [6.45, 7) is 3.14. The van der Waals surface area contributed by atoms with Gasteiger partial charge in [0.05, 0.1) is 5.69 Å². The van der Waals surface area contributed by atoms with Gasteiger partial charge in [-0.25, -0.2) is 4.39 Å². The van der Waals surface area contributed by atoms with E-state index in [4.69, 9.17) is 0 Å². The minimum absolute atomic E-state index is 0.0604. The fourth-order valence-corrected chi connectivity index (χ4v) is 3.11. The molecule has 21 heavy (non-hydrogen) atoms. The van der Waals surface area contributed by atoms with Crippen molar-refractivity contribution in [3.05, 3.63) is 53.6 Å². The van der Waals surface area contributed by atoms with Crippen molar-refractivity contribution in [1.29, 1.82) is 0 Å². The van der Waals surface area contributed by atoms with Gasteiger partial charge in [0.2, 0.25) is 0 Å². The third-order valence-electron chi connectivity index (χ3n) is 4.48. The highest BCUT2D eigenvalue weighted by Crippen LogP contribution is 2.23. The number of aromatic nitrogens is 2. The summed E-state index contributed by atoms with van der Waals surface area (Å²) >= 11 is 0. The molecule has 112 valence electrons. The van der Waals surface area contributed by atoms with E-state index in [1.165, 1.54) is 5.69 Å². The molecule has 0 unspecified atom stereocenters. The highest BCUT2D eigenvalue weighted by Gasteiger charge is 2.21. The predicted molar refractivity (Wildman–Crippen MR) is 81.3 cm³/mol. The van der Waals surface area contributed by atoms with Crippen LogP contribution in [0.25, 0.3) is 0 Å². The summed E-state index contributed by atoms with van der Waals surface area (Å²) in [5.41, 5.74) is 2.12. The lowest BCUT2D eigenvalue weighted by Gasteiger charge is -2.32. The van der Waals surface area contributed by atoms with Gasteiger partial charge in [0, 0.05) is 19.8 Å². The number of piperidine rings is 1. The van der Waals surface area contributed by atoms with E-state index < -0.39 is 0 Å². The van der Waals surface area contributed by atoms with Crippen molar-refractivity contribution in [2.45, 2.75) is 25.8 Å². The molecule has 1 aliphatic heterocycles. The Hall–Kier alpha value is -1.68. The molecule has 2 heterocycles. The molecule has 0 spiro atoms. The van der Waals surface area contributed by atoms with Crippen molar-refractivity contribution in [3.63, 3.8) is 0 Å². The molecule has 0 aliphatic carbocycles. The quantitative estimate of drug-likeness (QED) is 0.862. The Morgan fingerprint density at radius 3 is 2.62 bits per heavy atom. The van der Waals surface area contributed by atoms with E-state index in [1.807, 2.05) is 30.1 Å². The third-order valence-corrected chi connectivity index (χ3v) is 4.48. The van der Waals surface area contributed by atoms with Crippen LogP contribution >= 0.6 is 0 Å². The molecule has 1 fully saturated rings. The van der Waals surface area contributed by atoms with E-state index in [1.54, 1.807) is 12.1 Å². The SMILES string of the molecule is Cn1nccc1CN1CCC(Cc2ccccc2F)CC1. The Morgan fingerprint density at radius 1 is 1.19 bits per heavy atom. The first kappa shape index (κ1) is 14.3. The Labute approximate surface area is 125 Å². The molecule has 1 aromatic carbocycles. The number of benzene rings is 1. The highest BCUT2D eigenvalue weighted by atomic mass is 19.1. The van der Waals surface area contributed by atoms with Crippen molar-refractivity contribution in [2.24, 2.45) is 13.0 Å². The number of halogens is 1. The first-order valence-electron chi connectivity index (χ1n) is 7.65. The number of likely N-dealkylation sites (tertiary alicyclic amines) is 1. The number of hydrogen-bond donors (Lipinski definition) is 0. The fourth-order valence-electron chi connectivity index (χ4n) is 3.11. The smallest absolute Gasteiger partial charge is 0.126 e. The lowest BCUT2D eigenvalue weighted by Crippen LogP contribution is -2.34. The Bertz CT molecular complexity index is 585. The lowest BCUT2D eigenvalue weighted by molar-refractivity contribution is 0.173. The van der Waals surface area contributed by atoms with Crippen LogP contribution in [0.5, 0.6) is 0 Å². The van der Waals surface area contributed by atoms with Crippen LogP contribution < -0.4 is 0 Å². The van der Waals surface area contributed by atoms with Gasteiger partial charge in [-0.3, -0.25) is 9.58 Å². The lowest BCUT2D eigenvalue weighted by atomic mass is 9.90. The Morgan fingerprint density at radius 2 is 1.95 bits per heavy atom.